The number of methoxy groups -OCH3 is 1. The monoisotopic (exact) mass is 293 g/mol. The Morgan fingerprint density at radius 1 is 1.50 bits per heavy atom. The molecule has 1 N–H and O–H groups in total. The smallest absolute Gasteiger partial charge is 0.358 e. The number of nitrogens with zero attached hydrogens (tertiary/aromatic N) is 3. The van der Waals surface area contributed by atoms with E-state index in [0.29, 0.717) is 22.2 Å². The zero-order valence-corrected chi connectivity index (χ0v) is 11.5. The molecule has 7 heteroatoms. The molecule has 0 atom stereocenters. The van der Waals surface area contributed by atoms with Crippen LogP contribution in [0.3, 0.4) is 0 Å². The van der Waals surface area contributed by atoms with Crippen LogP contribution in [0.25, 0.3) is 5.69 Å². The molecule has 1 heterocycles. The molecule has 2 aromatic rings. The lowest BCUT2D eigenvalue weighted by atomic mass is 10.2. The fraction of sp³-hybridized carbons (Fsp3) is 0.308. The average molecular weight is 294 g/mol. The lowest BCUT2D eigenvalue weighted by Crippen LogP contribution is -2.06. The molecule has 1 aromatic heterocycles. The van der Waals surface area contributed by atoms with Crippen molar-refractivity contribution >= 4 is 17.6 Å². The second-order valence-electron chi connectivity index (χ2n) is 4.63. The first-order valence-electron chi connectivity index (χ1n) is 6.14. The zero-order valence-electron chi connectivity index (χ0n) is 10.7. The summed E-state index contributed by atoms with van der Waals surface area (Å²) in [5, 5.41) is 17.4. The van der Waals surface area contributed by atoms with Crippen LogP contribution in [0.1, 0.15) is 34.9 Å². The van der Waals surface area contributed by atoms with E-state index in [1.54, 1.807) is 25.3 Å². The first-order chi connectivity index (χ1) is 9.61. The molecule has 1 aliphatic rings. The number of benzene rings is 1. The number of carboxylic acid groups (broad SMARTS) is 1. The van der Waals surface area contributed by atoms with E-state index >= 15 is 0 Å². The normalized spacial score (nSPS) is 14.3. The standard InChI is InChI=1S/C13H12ClN3O3/c1-20-8-4-5-9(14)10(6-8)17-12(7-2-3-7)11(13(18)19)15-16-17/h4-7H,2-3H2,1H3,(H,18,19). The van der Waals surface area contributed by atoms with Gasteiger partial charge >= 0.3 is 5.97 Å². The Labute approximate surface area is 119 Å². The Kier molecular flexibility index (Phi) is 3.10. The van der Waals surface area contributed by atoms with Crippen LogP contribution in [0.4, 0.5) is 0 Å². The summed E-state index contributed by atoms with van der Waals surface area (Å²) in [6.45, 7) is 0. The van der Waals surface area contributed by atoms with Crippen molar-refractivity contribution in [3.63, 3.8) is 0 Å². The van der Waals surface area contributed by atoms with Gasteiger partial charge in [-0.2, -0.15) is 0 Å². The molecule has 1 aromatic carbocycles. The van der Waals surface area contributed by atoms with Gasteiger partial charge in [0.25, 0.3) is 0 Å². The minimum Gasteiger partial charge on any atom is -0.497 e. The van der Waals surface area contributed by atoms with Crippen LogP contribution in [0.2, 0.25) is 5.02 Å². The van der Waals surface area contributed by atoms with Crippen molar-refractivity contribution in [3.05, 3.63) is 34.6 Å². The van der Waals surface area contributed by atoms with Gasteiger partial charge in [0.05, 0.1) is 23.5 Å². The van der Waals surface area contributed by atoms with Gasteiger partial charge in [-0.05, 0) is 25.0 Å². The van der Waals surface area contributed by atoms with E-state index in [-0.39, 0.29) is 11.6 Å². The Morgan fingerprint density at radius 3 is 2.85 bits per heavy atom. The summed E-state index contributed by atoms with van der Waals surface area (Å²) < 4.78 is 6.67. The molecule has 0 amide bonds. The van der Waals surface area contributed by atoms with E-state index in [9.17, 15) is 9.90 Å². The Bertz CT molecular complexity index is 679. The van der Waals surface area contributed by atoms with Gasteiger partial charge in [-0.3, -0.25) is 0 Å². The van der Waals surface area contributed by atoms with Crippen LogP contribution >= 0.6 is 11.6 Å². The maximum Gasteiger partial charge on any atom is 0.358 e. The molecule has 0 unspecified atom stereocenters. The summed E-state index contributed by atoms with van der Waals surface area (Å²) in [5.41, 5.74) is 1.17. The highest BCUT2D eigenvalue weighted by Gasteiger charge is 2.34. The molecule has 1 fully saturated rings. The van der Waals surface area contributed by atoms with E-state index in [1.807, 2.05) is 0 Å². The molecule has 1 aliphatic carbocycles. The minimum atomic E-state index is -1.07. The van der Waals surface area contributed by atoms with E-state index in [2.05, 4.69) is 10.3 Å². The third-order valence-corrected chi connectivity index (χ3v) is 3.57. The van der Waals surface area contributed by atoms with Gasteiger partial charge in [-0.1, -0.05) is 16.8 Å². The zero-order chi connectivity index (χ0) is 14.3. The van der Waals surface area contributed by atoms with Crippen LogP contribution in [0, 0.1) is 0 Å². The number of halogens is 1. The molecule has 0 spiro atoms. The van der Waals surface area contributed by atoms with Gasteiger partial charge in [0, 0.05) is 12.0 Å². The molecule has 20 heavy (non-hydrogen) atoms. The summed E-state index contributed by atoms with van der Waals surface area (Å²) in [5.74, 6) is -0.269. The third kappa shape index (κ3) is 2.12. The van der Waals surface area contributed by atoms with Crippen LogP contribution in [-0.4, -0.2) is 33.2 Å². The van der Waals surface area contributed by atoms with Crippen molar-refractivity contribution in [2.75, 3.05) is 7.11 Å². The first-order valence-corrected chi connectivity index (χ1v) is 6.52. The summed E-state index contributed by atoms with van der Waals surface area (Å²) in [6.07, 6.45) is 1.88. The predicted molar refractivity (Wildman–Crippen MR) is 71.9 cm³/mol. The van der Waals surface area contributed by atoms with Gasteiger partial charge in [-0.15, -0.1) is 5.10 Å². The number of rotatable bonds is 4. The minimum absolute atomic E-state index is 0.00798. The van der Waals surface area contributed by atoms with Crippen molar-refractivity contribution < 1.29 is 14.6 Å². The maximum atomic E-state index is 11.2. The average Bonchev–Trinajstić information content (AvgIpc) is 3.18. The van der Waals surface area contributed by atoms with Gasteiger partial charge in [0.15, 0.2) is 5.69 Å². The lowest BCUT2D eigenvalue weighted by molar-refractivity contribution is 0.0689. The van der Waals surface area contributed by atoms with E-state index in [1.165, 1.54) is 4.68 Å². The second-order valence-corrected chi connectivity index (χ2v) is 5.04. The number of hydrogen-bond donors (Lipinski definition) is 1. The highest BCUT2D eigenvalue weighted by atomic mass is 35.5. The Morgan fingerprint density at radius 2 is 2.25 bits per heavy atom. The van der Waals surface area contributed by atoms with Crippen LogP contribution in [0.15, 0.2) is 18.2 Å². The molecule has 0 bridgehead atoms. The molecule has 0 radical (unpaired) electrons. The molecule has 3 rings (SSSR count). The fourth-order valence-electron chi connectivity index (χ4n) is 2.12. The largest absolute Gasteiger partial charge is 0.497 e. The molecule has 1 saturated carbocycles. The number of hydrogen-bond acceptors (Lipinski definition) is 4. The number of aromatic nitrogens is 3. The number of ether oxygens (including phenoxy) is 1. The number of aromatic carboxylic acids is 1. The quantitative estimate of drug-likeness (QED) is 0.937. The summed E-state index contributed by atoms with van der Waals surface area (Å²) in [6, 6.07) is 5.14. The third-order valence-electron chi connectivity index (χ3n) is 3.25. The summed E-state index contributed by atoms with van der Waals surface area (Å²) in [4.78, 5) is 11.2. The van der Waals surface area contributed by atoms with Gasteiger partial charge in [-0.25, -0.2) is 9.48 Å². The van der Waals surface area contributed by atoms with E-state index in [0.717, 1.165) is 12.8 Å². The van der Waals surface area contributed by atoms with Crippen LogP contribution < -0.4 is 4.74 Å². The summed E-state index contributed by atoms with van der Waals surface area (Å²) in [7, 11) is 1.55. The van der Waals surface area contributed by atoms with Crippen LogP contribution in [-0.2, 0) is 0 Å². The summed E-state index contributed by atoms with van der Waals surface area (Å²) >= 11 is 6.18. The fourth-order valence-corrected chi connectivity index (χ4v) is 2.32. The van der Waals surface area contributed by atoms with E-state index < -0.39 is 5.97 Å². The molecule has 0 saturated heterocycles. The van der Waals surface area contributed by atoms with Crippen molar-refractivity contribution in [2.24, 2.45) is 0 Å². The van der Waals surface area contributed by atoms with Gasteiger partial charge in [0.2, 0.25) is 0 Å². The predicted octanol–water partition coefficient (Wildman–Crippen LogP) is 2.50. The maximum absolute atomic E-state index is 11.2. The van der Waals surface area contributed by atoms with Crippen LogP contribution in [0.5, 0.6) is 5.75 Å². The molecule has 6 nitrogen and oxygen atoms in total. The van der Waals surface area contributed by atoms with Crippen molar-refractivity contribution in [1.29, 1.82) is 0 Å². The highest BCUT2D eigenvalue weighted by Crippen LogP contribution is 2.42. The van der Waals surface area contributed by atoms with Crippen molar-refractivity contribution in [2.45, 2.75) is 18.8 Å². The van der Waals surface area contributed by atoms with Crippen molar-refractivity contribution in [3.8, 4) is 11.4 Å². The lowest BCUT2D eigenvalue weighted by Gasteiger charge is -2.09. The Balaban J connectivity index is 2.17. The molecular formula is C13H12ClN3O3. The first kappa shape index (κ1) is 12.9. The van der Waals surface area contributed by atoms with Crippen molar-refractivity contribution in [1.82, 2.24) is 15.0 Å². The SMILES string of the molecule is COc1ccc(Cl)c(-n2nnc(C(=O)O)c2C2CC2)c1. The Hall–Kier alpha value is -2.08. The van der Waals surface area contributed by atoms with Gasteiger partial charge < -0.3 is 9.84 Å². The number of carboxylic acids is 1. The highest BCUT2D eigenvalue weighted by molar-refractivity contribution is 6.32. The topological polar surface area (TPSA) is 77.2 Å². The molecule has 104 valence electrons. The van der Waals surface area contributed by atoms with E-state index in [4.69, 9.17) is 16.3 Å². The number of carbonyl (C=O) groups is 1. The molecule has 0 aliphatic heterocycles. The van der Waals surface area contributed by atoms with Gasteiger partial charge in [0.1, 0.15) is 5.75 Å². The second kappa shape index (κ2) is 4.79. The molecular weight excluding hydrogens is 282 g/mol.